The first-order valence-corrected chi connectivity index (χ1v) is 7.98. The van der Waals surface area contributed by atoms with Crippen LogP contribution >= 0.6 is 22.7 Å². The summed E-state index contributed by atoms with van der Waals surface area (Å²) >= 11 is 2.76. The van der Waals surface area contributed by atoms with Crippen molar-refractivity contribution in [3.63, 3.8) is 0 Å². The molecule has 0 saturated heterocycles. The van der Waals surface area contributed by atoms with Crippen molar-refractivity contribution >= 4 is 44.6 Å². The second-order valence-corrected chi connectivity index (χ2v) is 6.48. The van der Waals surface area contributed by atoms with Gasteiger partial charge in [-0.15, -0.1) is 22.7 Å². The molecule has 0 aliphatic carbocycles. The van der Waals surface area contributed by atoms with E-state index in [1.54, 1.807) is 6.07 Å². The highest BCUT2D eigenvalue weighted by Crippen LogP contribution is 2.36. The Morgan fingerprint density at radius 3 is 2.90 bits per heavy atom. The summed E-state index contributed by atoms with van der Waals surface area (Å²) in [6.07, 6.45) is 0.637. The Balaban J connectivity index is 1.83. The van der Waals surface area contributed by atoms with E-state index in [4.69, 9.17) is 10.5 Å². The maximum absolute atomic E-state index is 12.0. The summed E-state index contributed by atoms with van der Waals surface area (Å²) in [4.78, 5) is 24.6. The number of primary amides is 1. The van der Waals surface area contributed by atoms with Gasteiger partial charge in [0.2, 0.25) is 0 Å². The van der Waals surface area contributed by atoms with Crippen molar-refractivity contribution < 1.29 is 14.3 Å². The molecule has 2 aromatic heterocycles. The van der Waals surface area contributed by atoms with Crippen molar-refractivity contribution in [3.05, 3.63) is 33.5 Å². The molecule has 0 spiro atoms. The number of nitrogens with two attached hydrogens (primary N) is 1. The molecule has 6 nitrogen and oxygen atoms in total. The van der Waals surface area contributed by atoms with Crippen LogP contribution in [0.3, 0.4) is 0 Å². The standard InChI is InChI=1S/C13H13N3O3S2/c14-11(17)10-7-3-4-19-6-8(7)21-12(10)16-13(18)15-9-2-1-5-20-9/h1-2,5H,3-4,6H2,(H2,14,17)(H2,15,16,18). The summed E-state index contributed by atoms with van der Waals surface area (Å²) in [7, 11) is 0. The Hall–Kier alpha value is -1.90. The number of rotatable bonds is 3. The van der Waals surface area contributed by atoms with Crippen LogP contribution in [0.25, 0.3) is 0 Å². The van der Waals surface area contributed by atoms with Crippen LogP contribution in [0.4, 0.5) is 14.8 Å². The van der Waals surface area contributed by atoms with E-state index in [0.717, 1.165) is 15.4 Å². The highest BCUT2D eigenvalue weighted by molar-refractivity contribution is 7.17. The minimum atomic E-state index is -0.527. The lowest BCUT2D eigenvalue weighted by atomic mass is 10.1. The zero-order valence-corrected chi connectivity index (χ0v) is 12.6. The summed E-state index contributed by atoms with van der Waals surface area (Å²) in [5.74, 6) is -0.527. The first-order chi connectivity index (χ1) is 10.1. The molecule has 0 fully saturated rings. The molecule has 1 aliphatic rings. The molecule has 3 heterocycles. The van der Waals surface area contributed by atoms with Gasteiger partial charge in [-0.3, -0.25) is 15.4 Å². The number of hydrogen-bond donors (Lipinski definition) is 3. The van der Waals surface area contributed by atoms with Gasteiger partial charge in [-0.25, -0.2) is 4.79 Å². The van der Waals surface area contributed by atoms with E-state index in [0.29, 0.717) is 30.2 Å². The Labute approximate surface area is 128 Å². The molecule has 110 valence electrons. The second kappa shape index (κ2) is 5.84. The largest absolute Gasteiger partial charge is 0.376 e. The maximum Gasteiger partial charge on any atom is 0.324 e. The van der Waals surface area contributed by atoms with Gasteiger partial charge in [-0.05, 0) is 29.5 Å². The summed E-state index contributed by atoms with van der Waals surface area (Å²) in [5.41, 5.74) is 6.75. The zero-order valence-electron chi connectivity index (χ0n) is 11.0. The number of carbonyl (C=O) groups is 2. The number of nitrogens with one attached hydrogen (secondary N) is 2. The lowest BCUT2D eigenvalue weighted by molar-refractivity contribution is 0.0991. The topological polar surface area (TPSA) is 93.5 Å². The average Bonchev–Trinajstić information content (AvgIpc) is 3.04. The van der Waals surface area contributed by atoms with Crippen LogP contribution in [-0.2, 0) is 17.8 Å². The number of urea groups is 1. The molecule has 0 aromatic carbocycles. The first kappa shape index (κ1) is 14.1. The van der Waals surface area contributed by atoms with Crippen molar-refractivity contribution in [2.45, 2.75) is 13.0 Å². The van der Waals surface area contributed by atoms with Gasteiger partial charge in [0.05, 0.1) is 23.8 Å². The number of ether oxygens (including phenoxy) is 1. The molecular weight excluding hydrogens is 310 g/mol. The molecule has 1 aliphatic heterocycles. The van der Waals surface area contributed by atoms with Gasteiger partial charge in [-0.1, -0.05) is 0 Å². The Bertz CT molecular complexity index is 679. The molecule has 2 aromatic rings. The molecule has 0 radical (unpaired) electrons. The fourth-order valence-electron chi connectivity index (χ4n) is 2.18. The molecule has 0 saturated carbocycles. The molecule has 0 atom stereocenters. The highest BCUT2D eigenvalue weighted by atomic mass is 32.1. The summed E-state index contributed by atoms with van der Waals surface area (Å²) in [6, 6.07) is 3.25. The van der Waals surface area contributed by atoms with E-state index in [2.05, 4.69) is 10.6 Å². The van der Waals surface area contributed by atoms with Crippen LogP contribution in [0.15, 0.2) is 17.5 Å². The predicted octanol–water partition coefficient (Wildman–Crippen LogP) is 2.63. The van der Waals surface area contributed by atoms with E-state index in [1.165, 1.54) is 22.7 Å². The normalized spacial score (nSPS) is 13.5. The van der Waals surface area contributed by atoms with Crippen LogP contribution in [0.1, 0.15) is 20.8 Å². The Morgan fingerprint density at radius 2 is 2.19 bits per heavy atom. The van der Waals surface area contributed by atoms with Gasteiger partial charge < -0.3 is 10.5 Å². The number of hydrogen-bond acceptors (Lipinski definition) is 5. The smallest absolute Gasteiger partial charge is 0.324 e. The van der Waals surface area contributed by atoms with Crippen LogP contribution in [0.5, 0.6) is 0 Å². The van der Waals surface area contributed by atoms with E-state index in [1.807, 2.05) is 11.4 Å². The van der Waals surface area contributed by atoms with Crippen molar-refractivity contribution in [3.8, 4) is 0 Å². The van der Waals surface area contributed by atoms with Crippen molar-refractivity contribution in [1.82, 2.24) is 0 Å². The lowest BCUT2D eigenvalue weighted by Crippen LogP contribution is -2.22. The summed E-state index contributed by atoms with van der Waals surface area (Å²) in [6.45, 7) is 1.01. The molecule has 3 rings (SSSR count). The molecule has 3 amide bonds. The molecule has 8 heteroatoms. The highest BCUT2D eigenvalue weighted by Gasteiger charge is 2.25. The summed E-state index contributed by atoms with van der Waals surface area (Å²) in [5, 5.41) is 8.49. The Kier molecular flexibility index (Phi) is 3.91. The van der Waals surface area contributed by atoms with Gasteiger partial charge in [-0.2, -0.15) is 0 Å². The maximum atomic E-state index is 12.0. The summed E-state index contributed by atoms with van der Waals surface area (Å²) < 4.78 is 5.37. The third kappa shape index (κ3) is 2.92. The number of fused-ring (bicyclic) bond motifs is 1. The number of anilines is 2. The van der Waals surface area contributed by atoms with Crippen LogP contribution < -0.4 is 16.4 Å². The van der Waals surface area contributed by atoms with Crippen LogP contribution in [0.2, 0.25) is 0 Å². The van der Waals surface area contributed by atoms with Crippen molar-refractivity contribution in [2.24, 2.45) is 5.73 Å². The van der Waals surface area contributed by atoms with Gasteiger partial charge in [0.15, 0.2) is 0 Å². The lowest BCUT2D eigenvalue weighted by Gasteiger charge is -2.12. The minimum Gasteiger partial charge on any atom is -0.376 e. The van der Waals surface area contributed by atoms with Crippen LogP contribution in [-0.4, -0.2) is 18.5 Å². The zero-order chi connectivity index (χ0) is 14.8. The quantitative estimate of drug-likeness (QED) is 0.810. The third-order valence-electron chi connectivity index (χ3n) is 3.05. The van der Waals surface area contributed by atoms with E-state index in [-0.39, 0.29) is 6.03 Å². The fraction of sp³-hybridized carbons (Fsp3) is 0.231. The molecule has 21 heavy (non-hydrogen) atoms. The number of amides is 3. The predicted molar refractivity (Wildman–Crippen MR) is 83.2 cm³/mol. The SMILES string of the molecule is NC(=O)c1c(NC(=O)Nc2cccs2)sc2c1CCOC2. The molecule has 0 bridgehead atoms. The molecular formula is C13H13N3O3S2. The fourth-order valence-corrected chi connectivity index (χ4v) is 3.98. The molecule has 4 N–H and O–H groups in total. The van der Waals surface area contributed by atoms with Gasteiger partial charge in [0, 0.05) is 4.88 Å². The third-order valence-corrected chi connectivity index (χ3v) is 4.96. The molecule has 0 unspecified atom stereocenters. The number of thiophene rings is 2. The monoisotopic (exact) mass is 323 g/mol. The number of carbonyl (C=O) groups excluding carboxylic acids is 2. The van der Waals surface area contributed by atoms with E-state index < -0.39 is 5.91 Å². The first-order valence-electron chi connectivity index (χ1n) is 6.28. The second-order valence-electron chi connectivity index (χ2n) is 4.43. The average molecular weight is 323 g/mol. The van der Waals surface area contributed by atoms with Gasteiger partial charge in [0.1, 0.15) is 5.00 Å². The van der Waals surface area contributed by atoms with Gasteiger partial charge in [0.25, 0.3) is 5.91 Å². The van der Waals surface area contributed by atoms with Crippen molar-refractivity contribution in [2.75, 3.05) is 17.2 Å². The van der Waals surface area contributed by atoms with Crippen molar-refractivity contribution in [1.29, 1.82) is 0 Å². The minimum absolute atomic E-state index is 0.389. The Morgan fingerprint density at radius 1 is 1.33 bits per heavy atom. The van der Waals surface area contributed by atoms with Gasteiger partial charge >= 0.3 is 6.03 Å². The van der Waals surface area contributed by atoms with Crippen LogP contribution in [0, 0.1) is 0 Å². The van der Waals surface area contributed by atoms with E-state index in [9.17, 15) is 9.59 Å². The van der Waals surface area contributed by atoms with E-state index >= 15 is 0 Å².